The Labute approximate surface area is 85.5 Å². The molecule has 1 amide bonds. The Morgan fingerprint density at radius 2 is 2.21 bits per heavy atom. The van der Waals surface area contributed by atoms with E-state index in [9.17, 15) is 9.90 Å². The standard InChI is InChI=1S/C10H20N2O2/c1-4-9-7-11(3)5-6-12(9)10(14)8(2)13/h8-9,13H,4-7H2,1-3H3/t8-,9-/m0/s1. The molecule has 0 bridgehead atoms. The van der Waals surface area contributed by atoms with Crippen molar-refractivity contribution in [3.63, 3.8) is 0 Å². The van der Waals surface area contributed by atoms with Crippen LogP contribution in [0, 0.1) is 0 Å². The molecule has 0 radical (unpaired) electrons. The SMILES string of the molecule is CC[C@H]1CN(C)CCN1C(=O)[C@H](C)O. The molecule has 4 nitrogen and oxygen atoms in total. The lowest BCUT2D eigenvalue weighted by Gasteiger charge is -2.40. The Hall–Kier alpha value is -0.610. The number of hydrogen-bond donors (Lipinski definition) is 1. The van der Waals surface area contributed by atoms with Crippen molar-refractivity contribution in [1.29, 1.82) is 0 Å². The first-order valence-corrected chi connectivity index (χ1v) is 5.23. The first-order valence-electron chi connectivity index (χ1n) is 5.23. The van der Waals surface area contributed by atoms with Crippen LogP contribution in [0.2, 0.25) is 0 Å². The van der Waals surface area contributed by atoms with Gasteiger partial charge < -0.3 is 14.9 Å². The number of hydrogen-bond acceptors (Lipinski definition) is 3. The predicted molar refractivity (Wildman–Crippen MR) is 55.0 cm³/mol. The Bertz CT molecular complexity index is 206. The van der Waals surface area contributed by atoms with Gasteiger partial charge in [0.15, 0.2) is 0 Å². The smallest absolute Gasteiger partial charge is 0.251 e. The van der Waals surface area contributed by atoms with Crippen LogP contribution in [-0.2, 0) is 4.79 Å². The molecular formula is C10H20N2O2. The van der Waals surface area contributed by atoms with Crippen molar-refractivity contribution in [1.82, 2.24) is 9.80 Å². The number of likely N-dealkylation sites (N-methyl/N-ethyl adjacent to an activating group) is 1. The van der Waals surface area contributed by atoms with E-state index >= 15 is 0 Å². The van der Waals surface area contributed by atoms with Gasteiger partial charge in [-0.1, -0.05) is 6.92 Å². The molecule has 0 unspecified atom stereocenters. The molecule has 1 aliphatic rings. The summed E-state index contributed by atoms with van der Waals surface area (Å²) in [5.41, 5.74) is 0. The van der Waals surface area contributed by atoms with Crippen molar-refractivity contribution in [2.24, 2.45) is 0 Å². The van der Waals surface area contributed by atoms with E-state index in [1.165, 1.54) is 6.92 Å². The van der Waals surface area contributed by atoms with Crippen molar-refractivity contribution in [3.8, 4) is 0 Å². The topological polar surface area (TPSA) is 43.8 Å². The molecule has 82 valence electrons. The lowest BCUT2D eigenvalue weighted by Crippen LogP contribution is -2.55. The highest BCUT2D eigenvalue weighted by Gasteiger charge is 2.29. The van der Waals surface area contributed by atoms with E-state index in [1.807, 2.05) is 4.90 Å². The van der Waals surface area contributed by atoms with E-state index in [2.05, 4.69) is 18.9 Å². The average Bonchev–Trinajstić information content (AvgIpc) is 2.16. The minimum absolute atomic E-state index is 0.134. The summed E-state index contributed by atoms with van der Waals surface area (Å²) < 4.78 is 0. The zero-order chi connectivity index (χ0) is 10.7. The van der Waals surface area contributed by atoms with Crippen LogP contribution in [0.15, 0.2) is 0 Å². The number of nitrogens with zero attached hydrogens (tertiary/aromatic N) is 2. The van der Waals surface area contributed by atoms with Gasteiger partial charge in [-0.3, -0.25) is 4.79 Å². The van der Waals surface area contributed by atoms with Crippen molar-refractivity contribution in [3.05, 3.63) is 0 Å². The summed E-state index contributed by atoms with van der Waals surface area (Å²) in [6.07, 6.45) is 0.0791. The second-order valence-corrected chi connectivity index (χ2v) is 4.03. The summed E-state index contributed by atoms with van der Waals surface area (Å²) in [6.45, 7) is 6.15. The van der Waals surface area contributed by atoms with Crippen molar-refractivity contribution >= 4 is 5.91 Å². The fourth-order valence-electron chi connectivity index (χ4n) is 1.89. The molecule has 1 N–H and O–H groups in total. The van der Waals surface area contributed by atoms with Gasteiger partial charge in [0.1, 0.15) is 6.10 Å². The third-order valence-corrected chi connectivity index (χ3v) is 2.80. The normalized spacial score (nSPS) is 26.3. The fraction of sp³-hybridized carbons (Fsp3) is 0.900. The number of aliphatic hydroxyl groups excluding tert-OH is 1. The van der Waals surface area contributed by atoms with Crippen LogP contribution in [0.5, 0.6) is 0 Å². The molecule has 0 saturated carbocycles. The van der Waals surface area contributed by atoms with Gasteiger partial charge in [0.25, 0.3) is 5.91 Å². The molecule has 1 saturated heterocycles. The van der Waals surface area contributed by atoms with Gasteiger partial charge in [-0.05, 0) is 20.4 Å². The Balaban J connectivity index is 2.63. The quantitative estimate of drug-likeness (QED) is 0.678. The second kappa shape index (κ2) is 4.75. The molecule has 1 rings (SSSR count). The van der Waals surface area contributed by atoms with E-state index in [0.717, 1.165) is 26.1 Å². The average molecular weight is 200 g/mol. The molecule has 14 heavy (non-hydrogen) atoms. The molecule has 0 spiro atoms. The molecule has 0 aromatic rings. The predicted octanol–water partition coefficient (Wildman–Crippen LogP) is -0.0802. The van der Waals surface area contributed by atoms with Gasteiger partial charge >= 0.3 is 0 Å². The van der Waals surface area contributed by atoms with Crippen molar-refractivity contribution in [2.75, 3.05) is 26.7 Å². The summed E-state index contributed by atoms with van der Waals surface area (Å²) in [5, 5.41) is 9.25. The van der Waals surface area contributed by atoms with Crippen molar-refractivity contribution in [2.45, 2.75) is 32.4 Å². The number of rotatable bonds is 2. The highest BCUT2D eigenvalue weighted by molar-refractivity contribution is 5.80. The molecule has 1 heterocycles. The highest BCUT2D eigenvalue weighted by atomic mass is 16.3. The molecule has 0 aromatic heterocycles. The van der Waals surface area contributed by atoms with Crippen LogP contribution >= 0.6 is 0 Å². The highest BCUT2D eigenvalue weighted by Crippen LogP contribution is 2.12. The second-order valence-electron chi connectivity index (χ2n) is 4.03. The zero-order valence-electron chi connectivity index (χ0n) is 9.23. The Morgan fingerprint density at radius 3 is 2.71 bits per heavy atom. The van der Waals surface area contributed by atoms with E-state index in [4.69, 9.17) is 0 Å². The largest absolute Gasteiger partial charge is 0.384 e. The maximum absolute atomic E-state index is 11.6. The first kappa shape index (κ1) is 11.5. The monoisotopic (exact) mass is 200 g/mol. The Morgan fingerprint density at radius 1 is 1.57 bits per heavy atom. The molecule has 1 fully saturated rings. The maximum Gasteiger partial charge on any atom is 0.251 e. The Kier molecular flexibility index (Phi) is 3.89. The maximum atomic E-state index is 11.6. The number of carbonyl (C=O) groups excluding carboxylic acids is 1. The molecule has 0 aliphatic carbocycles. The summed E-state index contributed by atoms with van der Waals surface area (Å²) in [6, 6.07) is 0.260. The van der Waals surface area contributed by atoms with Gasteiger partial charge in [-0.15, -0.1) is 0 Å². The van der Waals surface area contributed by atoms with Gasteiger partial charge in [-0.2, -0.15) is 0 Å². The summed E-state index contributed by atoms with van der Waals surface area (Å²) in [4.78, 5) is 15.7. The first-order chi connectivity index (χ1) is 6.56. The molecule has 1 aliphatic heterocycles. The minimum atomic E-state index is -0.868. The van der Waals surface area contributed by atoms with Crippen molar-refractivity contribution < 1.29 is 9.90 Å². The lowest BCUT2D eigenvalue weighted by atomic mass is 10.1. The van der Waals surface area contributed by atoms with E-state index in [-0.39, 0.29) is 11.9 Å². The van der Waals surface area contributed by atoms with Crippen LogP contribution < -0.4 is 0 Å². The lowest BCUT2D eigenvalue weighted by molar-refractivity contribution is -0.144. The van der Waals surface area contributed by atoms with Gasteiger partial charge in [0.05, 0.1) is 0 Å². The van der Waals surface area contributed by atoms with Crippen LogP contribution in [-0.4, -0.2) is 59.6 Å². The number of piperazine rings is 1. The van der Waals surface area contributed by atoms with Crippen LogP contribution in [0.25, 0.3) is 0 Å². The summed E-state index contributed by atoms with van der Waals surface area (Å²) in [5.74, 6) is -0.134. The molecule has 4 heteroatoms. The third kappa shape index (κ3) is 2.45. The van der Waals surface area contributed by atoms with Crippen LogP contribution in [0.4, 0.5) is 0 Å². The summed E-state index contributed by atoms with van der Waals surface area (Å²) in [7, 11) is 2.06. The minimum Gasteiger partial charge on any atom is -0.384 e. The van der Waals surface area contributed by atoms with Gasteiger partial charge in [0, 0.05) is 25.7 Å². The molecule has 0 aromatic carbocycles. The van der Waals surface area contributed by atoms with E-state index in [1.54, 1.807) is 0 Å². The number of aliphatic hydroxyl groups is 1. The van der Waals surface area contributed by atoms with E-state index < -0.39 is 6.10 Å². The third-order valence-electron chi connectivity index (χ3n) is 2.80. The summed E-state index contributed by atoms with van der Waals surface area (Å²) >= 11 is 0. The number of carbonyl (C=O) groups is 1. The van der Waals surface area contributed by atoms with Crippen LogP contribution in [0.1, 0.15) is 20.3 Å². The zero-order valence-corrected chi connectivity index (χ0v) is 9.23. The molecular weight excluding hydrogens is 180 g/mol. The van der Waals surface area contributed by atoms with Gasteiger partial charge in [-0.25, -0.2) is 0 Å². The fourth-order valence-corrected chi connectivity index (χ4v) is 1.89. The van der Waals surface area contributed by atoms with Crippen LogP contribution in [0.3, 0.4) is 0 Å². The van der Waals surface area contributed by atoms with Gasteiger partial charge in [0.2, 0.25) is 0 Å². The molecule has 2 atom stereocenters. The number of amides is 1. The van der Waals surface area contributed by atoms with E-state index in [0.29, 0.717) is 0 Å².